The van der Waals surface area contributed by atoms with Crippen LogP contribution in [-0.4, -0.2) is 21.5 Å². The van der Waals surface area contributed by atoms with Gasteiger partial charge in [0.1, 0.15) is 0 Å². The monoisotopic (exact) mass is 228 g/mol. The molecule has 0 fully saturated rings. The molecule has 2 heterocycles. The van der Waals surface area contributed by atoms with Crippen LogP contribution < -0.4 is 5.32 Å². The number of nitrogens with one attached hydrogen (secondary N) is 1. The van der Waals surface area contributed by atoms with E-state index in [0.29, 0.717) is 0 Å². The van der Waals surface area contributed by atoms with Crippen LogP contribution in [0.5, 0.6) is 0 Å². The van der Waals surface area contributed by atoms with E-state index in [4.69, 9.17) is 0 Å². The van der Waals surface area contributed by atoms with Gasteiger partial charge in [-0.15, -0.1) is 0 Å². The molecule has 0 saturated heterocycles. The molecular weight excluding hydrogens is 212 g/mol. The van der Waals surface area contributed by atoms with Gasteiger partial charge in [0.15, 0.2) is 5.82 Å². The van der Waals surface area contributed by atoms with Crippen LogP contribution in [0.15, 0.2) is 36.9 Å². The fraction of sp³-hybridized carbons (Fsp3) is 0.308. The molecule has 2 rings (SSSR count). The summed E-state index contributed by atoms with van der Waals surface area (Å²) >= 11 is 0. The lowest BCUT2D eigenvalue weighted by Gasteiger charge is -2.03. The topological polar surface area (TPSA) is 50.7 Å². The van der Waals surface area contributed by atoms with Gasteiger partial charge < -0.3 is 5.32 Å². The lowest BCUT2D eigenvalue weighted by molar-refractivity contribution is 0.672. The molecule has 0 radical (unpaired) electrons. The Hall–Kier alpha value is -1.81. The minimum Gasteiger partial charge on any atom is -0.313 e. The molecule has 2 aromatic heterocycles. The maximum Gasteiger partial charge on any atom is 0.159 e. The van der Waals surface area contributed by atoms with Crippen LogP contribution in [0.3, 0.4) is 0 Å². The van der Waals surface area contributed by atoms with Gasteiger partial charge >= 0.3 is 0 Å². The van der Waals surface area contributed by atoms with E-state index in [1.54, 1.807) is 12.4 Å². The summed E-state index contributed by atoms with van der Waals surface area (Å²) in [4.78, 5) is 12.7. The molecule has 88 valence electrons. The van der Waals surface area contributed by atoms with E-state index in [1.807, 2.05) is 24.5 Å². The van der Waals surface area contributed by atoms with Crippen LogP contribution in [0.1, 0.15) is 18.9 Å². The zero-order valence-corrected chi connectivity index (χ0v) is 9.93. The molecular formula is C13H16N4. The van der Waals surface area contributed by atoms with Crippen LogP contribution in [0.2, 0.25) is 0 Å². The Kier molecular flexibility index (Phi) is 4.16. The first-order chi connectivity index (χ1) is 8.40. The summed E-state index contributed by atoms with van der Waals surface area (Å²) in [6, 6.07) is 3.81. The van der Waals surface area contributed by atoms with Crippen LogP contribution in [0.25, 0.3) is 11.4 Å². The highest BCUT2D eigenvalue weighted by atomic mass is 14.9. The highest BCUT2D eigenvalue weighted by Gasteiger charge is 2.00. The molecule has 0 spiro atoms. The van der Waals surface area contributed by atoms with Gasteiger partial charge in [0, 0.05) is 42.5 Å². The smallest absolute Gasteiger partial charge is 0.159 e. The third kappa shape index (κ3) is 3.32. The highest BCUT2D eigenvalue weighted by Crippen LogP contribution is 2.11. The normalized spacial score (nSPS) is 10.4. The van der Waals surface area contributed by atoms with E-state index >= 15 is 0 Å². The van der Waals surface area contributed by atoms with Crippen molar-refractivity contribution in [3.8, 4) is 11.4 Å². The van der Waals surface area contributed by atoms with Crippen molar-refractivity contribution < 1.29 is 0 Å². The number of hydrogen-bond acceptors (Lipinski definition) is 4. The maximum atomic E-state index is 4.35. The Balaban J connectivity index is 2.03. The molecule has 0 aromatic carbocycles. The lowest BCUT2D eigenvalue weighted by atomic mass is 10.2. The van der Waals surface area contributed by atoms with Crippen molar-refractivity contribution in [1.82, 2.24) is 20.3 Å². The van der Waals surface area contributed by atoms with E-state index < -0.39 is 0 Å². The maximum absolute atomic E-state index is 4.35. The minimum atomic E-state index is 0.742. The summed E-state index contributed by atoms with van der Waals surface area (Å²) in [6.07, 6.45) is 8.36. The zero-order valence-electron chi connectivity index (χ0n) is 9.93. The average molecular weight is 228 g/mol. The first-order valence-corrected chi connectivity index (χ1v) is 5.82. The lowest BCUT2D eigenvalue weighted by Crippen LogP contribution is -2.14. The van der Waals surface area contributed by atoms with Crippen LogP contribution in [0, 0.1) is 0 Å². The molecule has 17 heavy (non-hydrogen) atoms. The second-order valence-corrected chi connectivity index (χ2v) is 3.83. The number of nitrogens with zero attached hydrogens (tertiary/aromatic N) is 3. The summed E-state index contributed by atoms with van der Waals surface area (Å²) in [6.45, 7) is 3.99. The van der Waals surface area contributed by atoms with Gasteiger partial charge in [0.05, 0.1) is 0 Å². The second kappa shape index (κ2) is 6.06. The molecule has 0 aliphatic heterocycles. The van der Waals surface area contributed by atoms with E-state index in [-0.39, 0.29) is 0 Å². The Bertz CT molecular complexity index is 439. The van der Waals surface area contributed by atoms with Crippen molar-refractivity contribution in [1.29, 1.82) is 0 Å². The molecule has 0 atom stereocenters. The predicted octanol–water partition coefficient (Wildman–Crippen LogP) is 2.04. The first kappa shape index (κ1) is 11.7. The fourth-order valence-corrected chi connectivity index (χ4v) is 1.51. The Morgan fingerprint density at radius 1 is 1.12 bits per heavy atom. The molecule has 4 nitrogen and oxygen atoms in total. The van der Waals surface area contributed by atoms with Crippen LogP contribution in [0.4, 0.5) is 0 Å². The Morgan fingerprint density at radius 3 is 2.47 bits per heavy atom. The van der Waals surface area contributed by atoms with Gasteiger partial charge in [-0.25, -0.2) is 9.97 Å². The third-order valence-corrected chi connectivity index (χ3v) is 2.40. The molecule has 0 saturated carbocycles. The van der Waals surface area contributed by atoms with E-state index in [2.05, 4.69) is 27.2 Å². The first-order valence-electron chi connectivity index (χ1n) is 5.82. The summed E-state index contributed by atoms with van der Waals surface area (Å²) < 4.78 is 0. The fourth-order valence-electron chi connectivity index (χ4n) is 1.51. The number of rotatable bonds is 5. The molecule has 0 unspecified atom stereocenters. The van der Waals surface area contributed by atoms with Crippen molar-refractivity contribution >= 4 is 0 Å². The van der Waals surface area contributed by atoms with Gasteiger partial charge in [-0.05, 0) is 25.1 Å². The molecule has 4 heteroatoms. The third-order valence-electron chi connectivity index (χ3n) is 2.40. The SMILES string of the molecule is CCCNCc1cnc(-c2ccncc2)nc1. The summed E-state index contributed by atoms with van der Waals surface area (Å²) in [7, 11) is 0. The molecule has 0 aliphatic carbocycles. The van der Waals surface area contributed by atoms with E-state index in [1.165, 1.54) is 0 Å². The average Bonchev–Trinajstić information content (AvgIpc) is 2.41. The van der Waals surface area contributed by atoms with Gasteiger partial charge in [-0.2, -0.15) is 0 Å². The largest absolute Gasteiger partial charge is 0.313 e. The van der Waals surface area contributed by atoms with Gasteiger partial charge in [-0.3, -0.25) is 4.98 Å². The predicted molar refractivity (Wildman–Crippen MR) is 67.3 cm³/mol. The van der Waals surface area contributed by atoms with Gasteiger partial charge in [0.2, 0.25) is 0 Å². The molecule has 2 aromatic rings. The number of hydrogen-bond donors (Lipinski definition) is 1. The van der Waals surface area contributed by atoms with Gasteiger partial charge in [-0.1, -0.05) is 6.92 Å². The van der Waals surface area contributed by atoms with Crippen molar-refractivity contribution in [3.63, 3.8) is 0 Å². The van der Waals surface area contributed by atoms with Gasteiger partial charge in [0.25, 0.3) is 0 Å². The summed E-state index contributed by atoms with van der Waals surface area (Å²) in [5.74, 6) is 0.742. The summed E-state index contributed by atoms with van der Waals surface area (Å²) in [5, 5.41) is 3.32. The standard InChI is InChI=1S/C13H16N4/c1-2-5-15-8-11-9-16-13(17-10-11)12-3-6-14-7-4-12/h3-4,6-7,9-10,15H,2,5,8H2,1H3. The van der Waals surface area contributed by atoms with E-state index in [9.17, 15) is 0 Å². The van der Waals surface area contributed by atoms with Crippen LogP contribution in [-0.2, 0) is 6.54 Å². The van der Waals surface area contributed by atoms with Crippen molar-refractivity contribution in [2.24, 2.45) is 0 Å². The van der Waals surface area contributed by atoms with E-state index in [0.717, 1.165) is 36.5 Å². The molecule has 0 bridgehead atoms. The second-order valence-electron chi connectivity index (χ2n) is 3.83. The van der Waals surface area contributed by atoms with Crippen molar-refractivity contribution in [3.05, 3.63) is 42.5 Å². The summed E-state index contributed by atoms with van der Waals surface area (Å²) in [5.41, 5.74) is 2.10. The van der Waals surface area contributed by atoms with Crippen molar-refractivity contribution in [2.45, 2.75) is 19.9 Å². The Labute approximate surface area is 101 Å². The minimum absolute atomic E-state index is 0.742. The Morgan fingerprint density at radius 2 is 1.82 bits per heavy atom. The highest BCUT2D eigenvalue weighted by molar-refractivity contribution is 5.53. The van der Waals surface area contributed by atoms with Crippen molar-refractivity contribution in [2.75, 3.05) is 6.54 Å². The molecule has 0 amide bonds. The molecule has 1 N–H and O–H groups in total. The number of pyridine rings is 1. The number of aromatic nitrogens is 3. The molecule has 0 aliphatic rings. The van der Waals surface area contributed by atoms with Crippen LogP contribution >= 0.6 is 0 Å². The zero-order chi connectivity index (χ0) is 11.9. The quantitative estimate of drug-likeness (QED) is 0.796.